The van der Waals surface area contributed by atoms with Crippen LogP contribution in [-0.4, -0.2) is 18.1 Å². The Morgan fingerprint density at radius 2 is 1.93 bits per heavy atom. The highest BCUT2D eigenvalue weighted by molar-refractivity contribution is 5.49. The minimum atomic E-state index is 0.937. The molecule has 0 N–H and O–H groups in total. The molecule has 0 aliphatic carbocycles. The third-order valence-electron chi connectivity index (χ3n) is 2.33. The van der Waals surface area contributed by atoms with Gasteiger partial charge in [0, 0.05) is 13.1 Å². The third-order valence-corrected chi connectivity index (χ3v) is 2.33. The summed E-state index contributed by atoms with van der Waals surface area (Å²) in [6.07, 6.45) is 6.04. The lowest BCUT2D eigenvalue weighted by atomic mass is 10.2. The van der Waals surface area contributed by atoms with Crippen LogP contribution in [0.3, 0.4) is 0 Å². The van der Waals surface area contributed by atoms with Crippen LogP contribution in [0.1, 0.15) is 32.4 Å². The standard InChI is InChI=1S/C13H20N2/c1-4-9-15(10-5-2)13-8-7-12(6-3)14-11-13/h6-8,11H,3-5,9-10H2,1-2H3. The van der Waals surface area contributed by atoms with Crippen molar-refractivity contribution in [1.82, 2.24) is 4.98 Å². The Kier molecular flexibility index (Phi) is 4.88. The fourth-order valence-corrected chi connectivity index (χ4v) is 1.62. The topological polar surface area (TPSA) is 16.1 Å². The van der Waals surface area contributed by atoms with Crippen LogP contribution in [0.4, 0.5) is 5.69 Å². The third kappa shape index (κ3) is 3.39. The van der Waals surface area contributed by atoms with Gasteiger partial charge in [0.1, 0.15) is 0 Å². The van der Waals surface area contributed by atoms with Gasteiger partial charge in [-0.3, -0.25) is 4.98 Å². The second-order valence-corrected chi connectivity index (χ2v) is 3.63. The molecule has 0 aromatic carbocycles. The van der Waals surface area contributed by atoms with Crippen LogP contribution in [-0.2, 0) is 0 Å². The first-order valence-corrected chi connectivity index (χ1v) is 5.65. The van der Waals surface area contributed by atoms with E-state index in [4.69, 9.17) is 0 Å². The fraction of sp³-hybridized carbons (Fsp3) is 0.462. The molecule has 0 aliphatic heterocycles. The van der Waals surface area contributed by atoms with E-state index in [2.05, 4.69) is 36.4 Å². The van der Waals surface area contributed by atoms with Crippen molar-refractivity contribution < 1.29 is 0 Å². The summed E-state index contributed by atoms with van der Waals surface area (Å²) in [7, 11) is 0. The summed E-state index contributed by atoms with van der Waals surface area (Å²) in [6, 6.07) is 4.13. The predicted molar refractivity (Wildman–Crippen MR) is 67.1 cm³/mol. The summed E-state index contributed by atoms with van der Waals surface area (Å²) in [5, 5.41) is 0. The number of hydrogen-bond acceptors (Lipinski definition) is 2. The Labute approximate surface area is 92.6 Å². The van der Waals surface area contributed by atoms with E-state index in [0.717, 1.165) is 18.8 Å². The van der Waals surface area contributed by atoms with Gasteiger partial charge >= 0.3 is 0 Å². The van der Waals surface area contributed by atoms with Crippen molar-refractivity contribution in [3.8, 4) is 0 Å². The van der Waals surface area contributed by atoms with Crippen molar-refractivity contribution in [3.05, 3.63) is 30.6 Å². The summed E-state index contributed by atoms with van der Waals surface area (Å²) < 4.78 is 0. The van der Waals surface area contributed by atoms with E-state index in [0.29, 0.717) is 0 Å². The lowest BCUT2D eigenvalue weighted by Gasteiger charge is -2.23. The van der Waals surface area contributed by atoms with Gasteiger partial charge in [0.05, 0.1) is 17.6 Å². The number of rotatable bonds is 6. The van der Waals surface area contributed by atoms with Crippen LogP contribution >= 0.6 is 0 Å². The van der Waals surface area contributed by atoms with Gasteiger partial charge in [-0.25, -0.2) is 0 Å². The molecule has 0 fully saturated rings. The molecule has 0 saturated carbocycles. The molecule has 0 unspecified atom stereocenters. The molecule has 0 aliphatic rings. The maximum atomic E-state index is 4.32. The SMILES string of the molecule is C=Cc1ccc(N(CCC)CCC)cn1. The molecule has 0 spiro atoms. The van der Waals surface area contributed by atoms with Crippen LogP contribution in [0.2, 0.25) is 0 Å². The van der Waals surface area contributed by atoms with Crippen molar-refractivity contribution in [2.45, 2.75) is 26.7 Å². The molecule has 0 atom stereocenters. The molecule has 0 amide bonds. The van der Waals surface area contributed by atoms with Crippen LogP contribution in [0.25, 0.3) is 6.08 Å². The molecule has 1 heterocycles. The van der Waals surface area contributed by atoms with Gasteiger partial charge in [0.15, 0.2) is 0 Å². The van der Waals surface area contributed by atoms with E-state index in [1.807, 2.05) is 12.3 Å². The van der Waals surface area contributed by atoms with Crippen molar-refractivity contribution in [2.75, 3.05) is 18.0 Å². The minimum absolute atomic E-state index is 0.937. The van der Waals surface area contributed by atoms with E-state index in [1.165, 1.54) is 18.5 Å². The van der Waals surface area contributed by atoms with E-state index in [-0.39, 0.29) is 0 Å². The quantitative estimate of drug-likeness (QED) is 0.706. The smallest absolute Gasteiger partial charge is 0.0625 e. The number of hydrogen-bond donors (Lipinski definition) is 0. The van der Waals surface area contributed by atoms with E-state index >= 15 is 0 Å². The monoisotopic (exact) mass is 204 g/mol. The normalized spacial score (nSPS) is 10.0. The van der Waals surface area contributed by atoms with Crippen molar-refractivity contribution in [3.63, 3.8) is 0 Å². The molecule has 2 nitrogen and oxygen atoms in total. The predicted octanol–water partition coefficient (Wildman–Crippen LogP) is 3.35. The largest absolute Gasteiger partial charge is 0.370 e. The Balaban J connectivity index is 2.76. The number of anilines is 1. The number of aromatic nitrogens is 1. The molecule has 82 valence electrons. The highest BCUT2D eigenvalue weighted by Crippen LogP contribution is 2.14. The molecular formula is C13H20N2. The van der Waals surface area contributed by atoms with Gasteiger partial charge in [0.25, 0.3) is 0 Å². The van der Waals surface area contributed by atoms with Crippen molar-refractivity contribution in [1.29, 1.82) is 0 Å². The summed E-state index contributed by atoms with van der Waals surface area (Å²) in [6.45, 7) is 10.3. The van der Waals surface area contributed by atoms with Gasteiger partial charge in [-0.2, -0.15) is 0 Å². The highest BCUT2D eigenvalue weighted by Gasteiger charge is 2.03. The maximum Gasteiger partial charge on any atom is 0.0625 e. The molecule has 0 bridgehead atoms. The molecule has 15 heavy (non-hydrogen) atoms. The summed E-state index contributed by atoms with van der Waals surface area (Å²) in [4.78, 5) is 6.70. The van der Waals surface area contributed by atoms with Crippen molar-refractivity contribution >= 4 is 11.8 Å². The fourth-order valence-electron chi connectivity index (χ4n) is 1.62. The first kappa shape index (κ1) is 11.8. The number of pyridine rings is 1. The first-order valence-electron chi connectivity index (χ1n) is 5.65. The van der Waals surface area contributed by atoms with Crippen molar-refractivity contribution in [2.24, 2.45) is 0 Å². The average Bonchev–Trinajstić information content (AvgIpc) is 2.29. The summed E-state index contributed by atoms with van der Waals surface area (Å²) in [5.41, 5.74) is 2.15. The van der Waals surface area contributed by atoms with Gasteiger partial charge in [-0.05, 0) is 31.1 Å². The Bertz CT molecular complexity index is 284. The van der Waals surface area contributed by atoms with Gasteiger partial charge < -0.3 is 4.90 Å². The van der Waals surface area contributed by atoms with E-state index in [1.54, 1.807) is 6.08 Å². The van der Waals surface area contributed by atoms with Crippen LogP contribution < -0.4 is 4.90 Å². The Hall–Kier alpha value is -1.31. The van der Waals surface area contributed by atoms with Gasteiger partial charge in [0.2, 0.25) is 0 Å². The second-order valence-electron chi connectivity index (χ2n) is 3.63. The molecule has 1 aromatic rings. The lowest BCUT2D eigenvalue weighted by Crippen LogP contribution is -2.24. The zero-order chi connectivity index (χ0) is 11.1. The van der Waals surface area contributed by atoms with Crippen LogP contribution in [0.15, 0.2) is 24.9 Å². The molecule has 1 rings (SSSR count). The zero-order valence-electron chi connectivity index (χ0n) is 9.74. The van der Waals surface area contributed by atoms with Crippen LogP contribution in [0, 0.1) is 0 Å². The molecule has 0 saturated heterocycles. The Morgan fingerprint density at radius 1 is 1.27 bits per heavy atom. The average molecular weight is 204 g/mol. The minimum Gasteiger partial charge on any atom is -0.370 e. The van der Waals surface area contributed by atoms with Crippen LogP contribution in [0.5, 0.6) is 0 Å². The van der Waals surface area contributed by atoms with E-state index in [9.17, 15) is 0 Å². The maximum absolute atomic E-state index is 4.32. The summed E-state index contributed by atoms with van der Waals surface area (Å²) >= 11 is 0. The summed E-state index contributed by atoms with van der Waals surface area (Å²) in [5.74, 6) is 0. The highest BCUT2D eigenvalue weighted by atomic mass is 15.1. The first-order chi connectivity index (χ1) is 7.31. The molecule has 0 radical (unpaired) electrons. The zero-order valence-corrected chi connectivity index (χ0v) is 9.74. The lowest BCUT2D eigenvalue weighted by molar-refractivity contribution is 0.743. The van der Waals surface area contributed by atoms with Gasteiger partial charge in [-0.1, -0.05) is 20.4 Å². The molecule has 2 heteroatoms. The Morgan fingerprint density at radius 3 is 2.33 bits per heavy atom. The number of nitrogens with zero attached hydrogens (tertiary/aromatic N) is 2. The molecule has 1 aromatic heterocycles. The van der Waals surface area contributed by atoms with E-state index < -0.39 is 0 Å². The molecular weight excluding hydrogens is 184 g/mol. The second kappa shape index (κ2) is 6.23. The van der Waals surface area contributed by atoms with Gasteiger partial charge in [-0.15, -0.1) is 0 Å².